The van der Waals surface area contributed by atoms with Gasteiger partial charge in [-0.1, -0.05) is 36.4 Å². The van der Waals surface area contributed by atoms with E-state index >= 15 is 0 Å². The van der Waals surface area contributed by atoms with Gasteiger partial charge in [0.15, 0.2) is 4.67 Å². The Bertz CT molecular complexity index is 1020. The molecule has 6 heteroatoms. The van der Waals surface area contributed by atoms with Crippen molar-refractivity contribution in [3.05, 3.63) is 93.9 Å². The normalized spacial score (nSPS) is 12.0. The van der Waals surface area contributed by atoms with E-state index in [0.717, 1.165) is 11.1 Å². The smallest absolute Gasteiger partial charge is 0.332 e. The Kier molecular flexibility index (Phi) is 6.67. The summed E-state index contributed by atoms with van der Waals surface area (Å²) in [5.74, 6) is -0.588. The van der Waals surface area contributed by atoms with Crippen LogP contribution in [0, 0.1) is 13.8 Å². The van der Waals surface area contributed by atoms with Gasteiger partial charge >= 0.3 is 5.97 Å². The monoisotopic (exact) mass is 453 g/mol. The van der Waals surface area contributed by atoms with E-state index in [-0.39, 0.29) is 0 Å². The third-order valence-electron chi connectivity index (χ3n) is 4.04. The molecule has 1 unspecified atom stereocenters. The first-order valence-corrected chi connectivity index (χ1v) is 9.78. The van der Waals surface area contributed by atoms with Crippen molar-refractivity contribution in [1.29, 1.82) is 0 Å². The fourth-order valence-corrected chi connectivity index (χ4v) is 3.20. The van der Waals surface area contributed by atoms with Gasteiger partial charge in [0.25, 0.3) is 5.91 Å². The highest BCUT2D eigenvalue weighted by Gasteiger charge is 2.24. The van der Waals surface area contributed by atoms with Gasteiger partial charge < -0.3 is 14.5 Å². The molecule has 0 saturated carbocycles. The summed E-state index contributed by atoms with van der Waals surface area (Å²) in [4.78, 5) is 25.2. The first-order valence-electron chi connectivity index (χ1n) is 8.99. The van der Waals surface area contributed by atoms with Crippen molar-refractivity contribution < 1.29 is 18.7 Å². The maximum absolute atomic E-state index is 12.9. The fraction of sp³-hybridized carbons (Fsp3) is 0.130. The number of amides is 1. The Hall–Kier alpha value is -3.12. The molecule has 0 aliphatic heterocycles. The Morgan fingerprint density at radius 1 is 1.03 bits per heavy atom. The van der Waals surface area contributed by atoms with Crippen LogP contribution in [-0.4, -0.2) is 11.9 Å². The van der Waals surface area contributed by atoms with Crippen LogP contribution in [0.3, 0.4) is 0 Å². The first kappa shape index (κ1) is 20.6. The average molecular weight is 454 g/mol. The molecule has 3 rings (SSSR count). The highest BCUT2D eigenvalue weighted by atomic mass is 79.9. The zero-order chi connectivity index (χ0) is 20.8. The minimum absolute atomic E-state index is 0.427. The van der Waals surface area contributed by atoms with E-state index in [2.05, 4.69) is 21.2 Å². The number of nitrogens with one attached hydrogen (secondary N) is 1. The summed E-state index contributed by atoms with van der Waals surface area (Å²) >= 11 is 3.20. The van der Waals surface area contributed by atoms with Crippen LogP contribution in [0.15, 0.2) is 75.8 Å². The Balaban J connectivity index is 1.78. The minimum Gasteiger partial charge on any atom is -0.450 e. The van der Waals surface area contributed by atoms with Gasteiger partial charge in [-0.25, -0.2) is 4.79 Å². The van der Waals surface area contributed by atoms with E-state index in [1.807, 2.05) is 38.1 Å². The fourth-order valence-electron chi connectivity index (χ4n) is 2.88. The van der Waals surface area contributed by atoms with Crippen molar-refractivity contribution in [3.8, 4) is 0 Å². The zero-order valence-corrected chi connectivity index (χ0v) is 17.6. The summed E-state index contributed by atoms with van der Waals surface area (Å²) in [5.41, 5.74) is 3.29. The summed E-state index contributed by atoms with van der Waals surface area (Å²) in [5, 5.41) is 2.84. The predicted octanol–water partition coefficient (Wildman–Crippen LogP) is 5.60. The number of furan rings is 1. The zero-order valence-electron chi connectivity index (χ0n) is 16.0. The van der Waals surface area contributed by atoms with Crippen molar-refractivity contribution in [2.24, 2.45) is 0 Å². The number of benzene rings is 2. The van der Waals surface area contributed by atoms with Gasteiger partial charge in [-0.15, -0.1) is 0 Å². The molecular formula is C23H20BrNO4. The lowest BCUT2D eigenvalue weighted by Gasteiger charge is -2.17. The number of anilines is 1. The SMILES string of the molecule is Cc1cc(C)cc(NC(=O)C(OC(=O)/C=C/c2ccc(Br)o2)c2ccccc2)c1. The van der Waals surface area contributed by atoms with E-state index in [1.54, 1.807) is 36.4 Å². The lowest BCUT2D eigenvalue weighted by atomic mass is 10.1. The Morgan fingerprint density at radius 3 is 2.34 bits per heavy atom. The number of ether oxygens (including phenoxy) is 1. The summed E-state index contributed by atoms with van der Waals surface area (Å²) in [6, 6.07) is 18.1. The molecule has 148 valence electrons. The summed E-state index contributed by atoms with van der Waals surface area (Å²) < 4.78 is 11.3. The van der Waals surface area contributed by atoms with E-state index in [0.29, 0.717) is 21.7 Å². The molecule has 29 heavy (non-hydrogen) atoms. The number of hydrogen-bond donors (Lipinski definition) is 1. The summed E-state index contributed by atoms with van der Waals surface area (Å²) in [6.07, 6.45) is 1.62. The van der Waals surface area contributed by atoms with E-state index in [9.17, 15) is 9.59 Å². The van der Waals surface area contributed by atoms with E-state index < -0.39 is 18.0 Å². The number of carbonyl (C=O) groups excluding carboxylic acids is 2. The molecule has 1 N–H and O–H groups in total. The van der Waals surface area contributed by atoms with Crippen LogP contribution in [0.4, 0.5) is 5.69 Å². The maximum Gasteiger partial charge on any atom is 0.332 e. The molecule has 0 radical (unpaired) electrons. The molecule has 3 aromatic rings. The standard InChI is InChI=1S/C23H20BrNO4/c1-15-12-16(2)14-18(13-15)25-23(27)22(17-6-4-3-5-7-17)29-21(26)11-9-19-8-10-20(24)28-19/h3-14,22H,1-2H3,(H,25,27)/b11-9+. The molecule has 1 atom stereocenters. The second kappa shape index (κ2) is 9.39. The van der Waals surface area contributed by atoms with Gasteiger partial charge in [0, 0.05) is 17.3 Å². The number of halogens is 1. The lowest BCUT2D eigenvalue weighted by Crippen LogP contribution is -2.25. The van der Waals surface area contributed by atoms with E-state index in [1.165, 1.54) is 12.2 Å². The quantitative estimate of drug-likeness (QED) is 0.389. The number of aryl methyl sites for hydroxylation is 2. The number of hydrogen-bond acceptors (Lipinski definition) is 4. The molecule has 0 saturated heterocycles. The summed E-state index contributed by atoms with van der Waals surface area (Å²) in [7, 11) is 0. The van der Waals surface area contributed by atoms with Gasteiger partial charge in [-0.05, 0) is 71.2 Å². The van der Waals surface area contributed by atoms with Crippen LogP contribution in [0.2, 0.25) is 0 Å². The molecular weight excluding hydrogens is 434 g/mol. The Labute approximate surface area is 177 Å². The highest BCUT2D eigenvalue weighted by Crippen LogP contribution is 2.22. The molecule has 0 fully saturated rings. The van der Waals surface area contributed by atoms with Gasteiger partial charge in [-0.2, -0.15) is 0 Å². The molecule has 5 nitrogen and oxygen atoms in total. The largest absolute Gasteiger partial charge is 0.450 e. The molecule has 0 bridgehead atoms. The maximum atomic E-state index is 12.9. The molecule has 2 aromatic carbocycles. The molecule has 1 aromatic heterocycles. The molecule has 1 amide bonds. The summed E-state index contributed by atoms with van der Waals surface area (Å²) in [6.45, 7) is 3.91. The van der Waals surface area contributed by atoms with Gasteiger partial charge in [-0.3, -0.25) is 4.79 Å². The number of rotatable bonds is 6. The van der Waals surface area contributed by atoms with Crippen molar-refractivity contribution >= 4 is 39.6 Å². The number of esters is 1. The van der Waals surface area contributed by atoms with Gasteiger partial charge in [0.2, 0.25) is 6.10 Å². The van der Waals surface area contributed by atoms with Crippen LogP contribution in [0.1, 0.15) is 28.6 Å². The topological polar surface area (TPSA) is 68.5 Å². The average Bonchev–Trinajstić information content (AvgIpc) is 3.09. The van der Waals surface area contributed by atoms with E-state index in [4.69, 9.17) is 9.15 Å². The Morgan fingerprint density at radius 2 is 1.72 bits per heavy atom. The number of carbonyl (C=O) groups is 2. The lowest BCUT2D eigenvalue weighted by molar-refractivity contribution is -0.149. The van der Waals surface area contributed by atoms with Gasteiger partial charge in [0.1, 0.15) is 5.76 Å². The van der Waals surface area contributed by atoms with Crippen LogP contribution >= 0.6 is 15.9 Å². The van der Waals surface area contributed by atoms with Crippen molar-refractivity contribution in [2.45, 2.75) is 20.0 Å². The minimum atomic E-state index is -1.09. The second-order valence-corrected chi connectivity index (χ2v) is 7.35. The van der Waals surface area contributed by atoms with Crippen molar-refractivity contribution in [1.82, 2.24) is 0 Å². The first-order chi connectivity index (χ1) is 13.9. The van der Waals surface area contributed by atoms with Crippen molar-refractivity contribution in [3.63, 3.8) is 0 Å². The van der Waals surface area contributed by atoms with Crippen LogP contribution in [0.5, 0.6) is 0 Å². The molecule has 0 aliphatic rings. The van der Waals surface area contributed by atoms with Crippen molar-refractivity contribution in [2.75, 3.05) is 5.32 Å². The van der Waals surface area contributed by atoms with Crippen LogP contribution < -0.4 is 5.32 Å². The molecule has 0 aliphatic carbocycles. The van der Waals surface area contributed by atoms with Crippen LogP contribution in [-0.2, 0) is 14.3 Å². The second-order valence-electron chi connectivity index (χ2n) is 6.57. The third kappa shape index (κ3) is 5.93. The van der Waals surface area contributed by atoms with Gasteiger partial charge in [0.05, 0.1) is 0 Å². The predicted molar refractivity (Wildman–Crippen MR) is 115 cm³/mol. The molecule has 1 heterocycles. The third-order valence-corrected chi connectivity index (χ3v) is 4.47. The highest BCUT2D eigenvalue weighted by molar-refractivity contribution is 9.10. The molecule has 0 spiro atoms. The van der Waals surface area contributed by atoms with Crippen LogP contribution in [0.25, 0.3) is 6.08 Å².